The lowest BCUT2D eigenvalue weighted by atomic mass is 10.2. The van der Waals surface area contributed by atoms with Crippen molar-refractivity contribution in [3.8, 4) is 11.5 Å². The highest BCUT2D eigenvalue weighted by molar-refractivity contribution is 5.92. The molecule has 1 aromatic carbocycles. The van der Waals surface area contributed by atoms with Gasteiger partial charge in [-0.05, 0) is 25.0 Å². The molecule has 0 spiro atoms. The Bertz CT molecular complexity index is 1050. The Hall–Kier alpha value is -3.17. The van der Waals surface area contributed by atoms with E-state index in [0.29, 0.717) is 30.4 Å². The molecule has 0 amide bonds. The molecule has 3 aromatic rings. The molecular weight excluding hydrogens is 375 g/mol. The van der Waals surface area contributed by atoms with E-state index in [4.69, 9.17) is 9.47 Å². The van der Waals surface area contributed by atoms with E-state index in [-0.39, 0.29) is 28.8 Å². The standard InChI is InChI=1S/C18H15F3N5O2/c19-18(20,21)10-8-22-15-13(10)16(23-9-4-5-9)26-17(25-15)24-11-2-1-3-12-14(11)28-7-6-27-12/h1-2,8-9H,4-7H2,(H3,22,23,24,25,26). The van der Waals surface area contributed by atoms with Crippen LogP contribution in [0.5, 0.6) is 11.5 Å². The molecule has 1 saturated carbocycles. The number of H-pyrrole nitrogens is 1. The lowest BCUT2D eigenvalue weighted by molar-refractivity contribution is -0.136. The highest BCUT2D eigenvalue weighted by atomic mass is 19.4. The first kappa shape index (κ1) is 17.0. The van der Waals surface area contributed by atoms with Crippen LogP contribution in [0.15, 0.2) is 18.3 Å². The van der Waals surface area contributed by atoms with Gasteiger partial charge >= 0.3 is 6.18 Å². The van der Waals surface area contributed by atoms with Crippen LogP contribution in [0.1, 0.15) is 18.4 Å². The Morgan fingerprint density at radius 1 is 1.18 bits per heavy atom. The second kappa shape index (κ2) is 6.18. The molecule has 1 radical (unpaired) electrons. The molecule has 2 aromatic heterocycles. The van der Waals surface area contributed by atoms with Crippen LogP contribution in [-0.4, -0.2) is 34.2 Å². The molecule has 1 aliphatic carbocycles. The third kappa shape index (κ3) is 3.04. The highest BCUT2D eigenvalue weighted by Crippen LogP contribution is 2.41. The van der Waals surface area contributed by atoms with Crippen LogP contribution in [0.4, 0.5) is 30.6 Å². The van der Waals surface area contributed by atoms with Crippen molar-refractivity contribution in [2.24, 2.45) is 0 Å². The van der Waals surface area contributed by atoms with Crippen molar-refractivity contribution in [3.05, 3.63) is 30.0 Å². The van der Waals surface area contributed by atoms with Crippen LogP contribution in [-0.2, 0) is 6.18 Å². The summed E-state index contributed by atoms with van der Waals surface area (Å²) in [5, 5.41) is 6.03. The molecule has 0 bridgehead atoms. The zero-order valence-electron chi connectivity index (χ0n) is 14.5. The SMILES string of the molecule is FC(F)(F)c1c[nH]c2nc(Nc3cc[c]c4c3OCCO4)nc(NC3CC3)c12. The Morgan fingerprint density at radius 3 is 2.79 bits per heavy atom. The maximum atomic E-state index is 13.4. The van der Waals surface area contributed by atoms with Crippen molar-refractivity contribution in [2.45, 2.75) is 25.1 Å². The van der Waals surface area contributed by atoms with Gasteiger partial charge < -0.3 is 25.1 Å². The second-order valence-electron chi connectivity index (χ2n) is 6.61. The third-order valence-corrected chi connectivity index (χ3v) is 4.49. The van der Waals surface area contributed by atoms with Crippen molar-refractivity contribution < 1.29 is 22.6 Å². The number of alkyl halides is 3. The summed E-state index contributed by atoms with van der Waals surface area (Å²) in [6, 6.07) is 6.44. The highest BCUT2D eigenvalue weighted by Gasteiger charge is 2.36. The number of rotatable bonds is 4. The largest absolute Gasteiger partial charge is 0.485 e. The summed E-state index contributed by atoms with van der Waals surface area (Å²) in [6.45, 7) is 0.813. The number of nitrogens with zero attached hydrogens (tertiary/aromatic N) is 2. The number of anilines is 3. The number of nitrogens with one attached hydrogen (secondary N) is 3. The monoisotopic (exact) mass is 390 g/mol. The van der Waals surface area contributed by atoms with Gasteiger partial charge in [-0.1, -0.05) is 0 Å². The fourth-order valence-corrected chi connectivity index (χ4v) is 3.06. The summed E-state index contributed by atoms with van der Waals surface area (Å²) in [4.78, 5) is 11.1. The molecule has 1 aliphatic heterocycles. The van der Waals surface area contributed by atoms with Gasteiger partial charge in [0.1, 0.15) is 24.7 Å². The summed E-state index contributed by atoms with van der Waals surface area (Å²) in [6.07, 6.45) is -1.80. The van der Waals surface area contributed by atoms with Crippen molar-refractivity contribution in [3.63, 3.8) is 0 Å². The molecule has 3 N–H and O–H groups in total. The Kier molecular flexibility index (Phi) is 3.74. The molecular formula is C18H15F3N5O2. The minimum Gasteiger partial charge on any atom is -0.485 e. The molecule has 10 heteroatoms. The topological polar surface area (TPSA) is 84.1 Å². The average molecular weight is 390 g/mol. The number of hydrogen-bond acceptors (Lipinski definition) is 6. The summed E-state index contributed by atoms with van der Waals surface area (Å²) < 4.78 is 51.2. The Labute approximate surface area is 157 Å². The number of aromatic nitrogens is 3. The van der Waals surface area contributed by atoms with Gasteiger partial charge in [-0.15, -0.1) is 0 Å². The van der Waals surface area contributed by atoms with Crippen molar-refractivity contribution in [1.29, 1.82) is 0 Å². The van der Waals surface area contributed by atoms with Crippen LogP contribution in [0.3, 0.4) is 0 Å². The van der Waals surface area contributed by atoms with Gasteiger partial charge in [0.05, 0.1) is 16.6 Å². The molecule has 0 unspecified atom stereocenters. The minimum absolute atomic E-state index is 0.0621. The van der Waals surface area contributed by atoms with Gasteiger partial charge in [-0.25, -0.2) is 0 Å². The molecule has 5 rings (SSSR count). The Morgan fingerprint density at radius 2 is 2.00 bits per heavy atom. The van der Waals surface area contributed by atoms with Gasteiger partial charge in [0, 0.05) is 18.3 Å². The first-order valence-electron chi connectivity index (χ1n) is 8.79. The van der Waals surface area contributed by atoms with E-state index in [1.807, 2.05) is 0 Å². The summed E-state index contributed by atoms with van der Waals surface area (Å²) in [5.41, 5.74) is -0.144. The molecule has 0 saturated heterocycles. The number of hydrogen-bond donors (Lipinski definition) is 3. The smallest absolute Gasteiger partial charge is 0.418 e. The van der Waals surface area contributed by atoms with Gasteiger partial charge in [0.25, 0.3) is 0 Å². The Balaban J connectivity index is 1.57. The lowest BCUT2D eigenvalue weighted by Gasteiger charge is -2.21. The summed E-state index contributed by atoms with van der Waals surface area (Å²) in [7, 11) is 0. The fraction of sp³-hybridized carbons (Fsp3) is 0.333. The summed E-state index contributed by atoms with van der Waals surface area (Å²) in [5.74, 6) is 1.23. The normalized spacial score (nSPS) is 16.2. The first-order chi connectivity index (χ1) is 13.5. The molecule has 145 valence electrons. The average Bonchev–Trinajstić information content (AvgIpc) is 3.36. The third-order valence-electron chi connectivity index (χ3n) is 4.49. The number of aromatic amines is 1. The van der Waals surface area contributed by atoms with E-state index in [2.05, 4.69) is 31.7 Å². The zero-order chi connectivity index (χ0) is 19.3. The van der Waals surface area contributed by atoms with Gasteiger partial charge in [0.2, 0.25) is 5.95 Å². The van der Waals surface area contributed by atoms with E-state index in [9.17, 15) is 13.2 Å². The van der Waals surface area contributed by atoms with E-state index in [1.54, 1.807) is 12.1 Å². The molecule has 2 aliphatic rings. The minimum atomic E-state index is -4.50. The quantitative estimate of drug-likeness (QED) is 0.627. The maximum absolute atomic E-state index is 13.4. The maximum Gasteiger partial charge on any atom is 0.418 e. The van der Waals surface area contributed by atoms with E-state index in [1.165, 1.54) is 0 Å². The summed E-state index contributed by atoms with van der Waals surface area (Å²) >= 11 is 0. The van der Waals surface area contributed by atoms with Gasteiger partial charge in [0.15, 0.2) is 11.5 Å². The second-order valence-corrected chi connectivity index (χ2v) is 6.61. The predicted molar refractivity (Wildman–Crippen MR) is 95.1 cm³/mol. The number of ether oxygens (including phenoxy) is 2. The van der Waals surface area contributed by atoms with E-state index in [0.717, 1.165) is 19.0 Å². The number of benzene rings is 1. The fourth-order valence-electron chi connectivity index (χ4n) is 3.06. The van der Waals surface area contributed by atoms with Crippen molar-refractivity contribution in [1.82, 2.24) is 15.0 Å². The lowest BCUT2D eigenvalue weighted by Crippen LogP contribution is -2.16. The molecule has 28 heavy (non-hydrogen) atoms. The van der Waals surface area contributed by atoms with Crippen LogP contribution in [0.2, 0.25) is 0 Å². The van der Waals surface area contributed by atoms with Gasteiger partial charge in [-0.3, -0.25) is 0 Å². The number of halogens is 3. The van der Waals surface area contributed by atoms with Crippen LogP contribution < -0.4 is 20.1 Å². The van der Waals surface area contributed by atoms with Crippen LogP contribution in [0.25, 0.3) is 11.0 Å². The molecule has 0 atom stereocenters. The van der Waals surface area contributed by atoms with E-state index < -0.39 is 11.7 Å². The van der Waals surface area contributed by atoms with Gasteiger partial charge in [-0.2, -0.15) is 23.1 Å². The van der Waals surface area contributed by atoms with Crippen molar-refractivity contribution in [2.75, 3.05) is 23.8 Å². The first-order valence-corrected chi connectivity index (χ1v) is 8.79. The number of fused-ring (bicyclic) bond motifs is 2. The van der Waals surface area contributed by atoms with E-state index >= 15 is 0 Å². The molecule has 3 heterocycles. The predicted octanol–water partition coefficient (Wildman–Crippen LogP) is 3.87. The van der Waals surface area contributed by atoms with Crippen LogP contribution >= 0.6 is 0 Å². The zero-order valence-corrected chi connectivity index (χ0v) is 14.5. The molecule has 1 fully saturated rings. The van der Waals surface area contributed by atoms with Crippen LogP contribution in [0, 0.1) is 6.07 Å². The molecule has 7 nitrogen and oxygen atoms in total. The van der Waals surface area contributed by atoms with Crippen molar-refractivity contribution >= 4 is 28.5 Å².